The van der Waals surface area contributed by atoms with Gasteiger partial charge in [0.2, 0.25) is 17.6 Å². The summed E-state index contributed by atoms with van der Waals surface area (Å²) in [5.74, 6) is -1.89. The molecule has 2 unspecified atom stereocenters. The van der Waals surface area contributed by atoms with E-state index in [0.717, 1.165) is 24.2 Å². The number of nitrogens with one attached hydrogen (secondary N) is 4. The number of hydrogen-bond donors (Lipinski definition) is 4. The predicted octanol–water partition coefficient (Wildman–Crippen LogP) is 17.6. The number of hydrogen-bond acceptors (Lipinski definition) is 13. The molecule has 15 nitrogen and oxygen atoms in total. The van der Waals surface area contributed by atoms with E-state index in [1.165, 1.54) is 55.5 Å². The molecule has 0 spiro atoms. The topological polar surface area (TPSA) is 219 Å². The van der Waals surface area contributed by atoms with E-state index in [0.29, 0.717) is 63.0 Å². The molecule has 0 radical (unpaired) electrons. The van der Waals surface area contributed by atoms with Crippen LogP contribution in [0.2, 0.25) is 0 Å². The van der Waals surface area contributed by atoms with Crippen molar-refractivity contribution in [2.45, 2.75) is 128 Å². The van der Waals surface area contributed by atoms with E-state index in [-0.39, 0.29) is 104 Å². The Morgan fingerprint density at radius 2 is 0.857 bits per heavy atom. The zero-order valence-electron chi connectivity index (χ0n) is 48.3. The fourth-order valence-corrected chi connectivity index (χ4v) is 10.9. The van der Waals surface area contributed by atoms with Gasteiger partial charge in [0.1, 0.15) is 0 Å². The molecule has 0 heterocycles. The van der Waals surface area contributed by atoms with Gasteiger partial charge in [-0.1, -0.05) is 181 Å². The van der Waals surface area contributed by atoms with Gasteiger partial charge in [-0.3, -0.25) is 43.5 Å². The maximum Gasteiger partial charge on any atom is 0.337 e. The SMILES string of the molecule is C.C.C.C.C.C.CCC(=O)c1ccc(C(=O)OC)cc1CN=C(C(=O)Nc1ccccc1)C(=O)c1ccc(NC(=O)CCSC(CC)c2ccccc2)cc1.CCC(SCCC(=O)Nc1ccc(CN=C(C(C)=O)C(=O)Nc2ccccc2)cc1)c1ccccc1. The smallest absolute Gasteiger partial charge is 0.337 e. The minimum Gasteiger partial charge on any atom is -0.465 e. The van der Waals surface area contributed by atoms with E-state index >= 15 is 0 Å². The lowest BCUT2D eigenvalue weighted by Gasteiger charge is -2.15. The second-order valence-electron chi connectivity index (χ2n) is 19.2. The van der Waals surface area contributed by atoms with E-state index < -0.39 is 29.4 Å². The normalized spacial score (nSPS) is 11.0. The van der Waals surface area contributed by atoms with Gasteiger partial charge in [0.15, 0.2) is 23.0 Å². The number of carbonyl (C=O) groups is 8. The number of esters is 1. The quantitative estimate of drug-likeness (QED) is 0.0156. The molecule has 7 aromatic rings. The Morgan fingerprint density at radius 3 is 1.27 bits per heavy atom. The lowest BCUT2D eigenvalue weighted by Crippen LogP contribution is -2.30. The van der Waals surface area contributed by atoms with Crippen molar-refractivity contribution in [1.29, 1.82) is 0 Å². The Kier molecular flexibility index (Phi) is 39.2. The number of carbonyl (C=O) groups excluding carboxylic acids is 8. The molecule has 4 amide bonds. The van der Waals surface area contributed by atoms with Crippen molar-refractivity contribution in [1.82, 2.24) is 0 Å². The molecule has 0 fully saturated rings. The van der Waals surface area contributed by atoms with E-state index in [1.54, 1.807) is 109 Å². The summed E-state index contributed by atoms with van der Waals surface area (Å²) in [5.41, 5.74) is 6.19. The largest absolute Gasteiger partial charge is 0.465 e. The Bertz CT molecular complexity index is 3440. The van der Waals surface area contributed by atoms with Gasteiger partial charge in [0.25, 0.3) is 11.8 Å². The first-order chi connectivity index (χ1) is 41.2. The van der Waals surface area contributed by atoms with E-state index in [1.807, 2.05) is 54.6 Å². The third kappa shape index (κ3) is 26.5. The molecule has 0 aliphatic carbocycles. The summed E-state index contributed by atoms with van der Waals surface area (Å²) in [6, 6.07) is 56.1. The van der Waals surface area contributed by atoms with E-state index in [9.17, 15) is 38.4 Å². The lowest BCUT2D eigenvalue weighted by atomic mass is 9.99. The van der Waals surface area contributed by atoms with Gasteiger partial charge in [0.05, 0.1) is 25.8 Å². The van der Waals surface area contributed by atoms with Crippen LogP contribution in [-0.2, 0) is 41.8 Å². The second kappa shape index (κ2) is 43.6. The molecule has 17 heteroatoms. The minimum absolute atomic E-state index is 0. The molecular weight excluding hydrogens is 1180 g/mol. The Labute approximate surface area is 549 Å². The zero-order chi connectivity index (χ0) is 60.9. The summed E-state index contributed by atoms with van der Waals surface area (Å²) in [6.07, 6.45) is 2.94. The fourth-order valence-electron chi connectivity index (χ4n) is 8.58. The van der Waals surface area contributed by atoms with Gasteiger partial charge in [-0.25, -0.2) is 4.79 Å². The number of nitrogens with zero attached hydrogens (tertiary/aromatic N) is 2. The number of rotatable bonds is 28. The zero-order valence-corrected chi connectivity index (χ0v) is 49.9. The van der Waals surface area contributed by atoms with Gasteiger partial charge in [0, 0.05) is 82.1 Å². The number of ketones is 3. The first kappa shape index (κ1) is 81.9. The summed E-state index contributed by atoms with van der Waals surface area (Å²) in [4.78, 5) is 110. The molecule has 7 aromatic carbocycles. The predicted molar refractivity (Wildman–Crippen MR) is 383 cm³/mol. The van der Waals surface area contributed by atoms with E-state index in [2.05, 4.69) is 69.4 Å². The van der Waals surface area contributed by atoms with Crippen molar-refractivity contribution >= 4 is 105 Å². The van der Waals surface area contributed by atoms with Gasteiger partial charge < -0.3 is 26.0 Å². The number of ether oxygens (including phenoxy) is 1. The number of amides is 4. The highest BCUT2D eigenvalue weighted by molar-refractivity contribution is 7.99. The molecule has 0 aliphatic rings. The molecule has 7 rings (SSSR count). The highest BCUT2D eigenvalue weighted by atomic mass is 32.2. The third-order valence-electron chi connectivity index (χ3n) is 13.1. The second-order valence-corrected chi connectivity index (χ2v) is 21.8. The number of aliphatic imine (C=N–C) groups is 2. The summed E-state index contributed by atoms with van der Waals surface area (Å²) >= 11 is 3.53. The van der Waals surface area contributed by atoms with Crippen LogP contribution in [0.15, 0.2) is 198 Å². The van der Waals surface area contributed by atoms with Crippen LogP contribution >= 0.6 is 23.5 Å². The molecule has 91 heavy (non-hydrogen) atoms. The number of Topliss-reactive ketones (excluding diaryl/α,β-unsaturated/α-hetero) is 3. The van der Waals surface area contributed by atoms with Crippen LogP contribution in [0.25, 0.3) is 0 Å². The summed E-state index contributed by atoms with van der Waals surface area (Å²) < 4.78 is 4.82. The average molecular weight is 1280 g/mol. The summed E-state index contributed by atoms with van der Waals surface area (Å²) in [5, 5.41) is 11.9. The molecule has 0 saturated carbocycles. The summed E-state index contributed by atoms with van der Waals surface area (Å²) in [6.45, 7) is 7.28. The van der Waals surface area contributed by atoms with Crippen molar-refractivity contribution in [3.8, 4) is 0 Å². The molecule has 0 saturated heterocycles. The van der Waals surface area contributed by atoms with Crippen LogP contribution < -0.4 is 21.3 Å². The average Bonchev–Trinajstić information content (AvgIpc) is 0.999. The van der Waals surface area contributed by atoms with Gasteiger partial charge in [-0.2, -0.15) is 23.5 Å². The third-order valence-corrected chi connectivity index (χ3v) is 16.0. The molecule has 486 valence electrons. The fraction of sp³-hybridized carbons (Fsp3) is 0.297. The van der Waals surface area contributed by atoms with Crippen LogP contribution in [0.1, 0.15) is 168 Å². The maximum absolute atomic E-state index is 13.8. The lowest BCUT2D eigenvalue weighted by molar-refractivity contribution is -0.116. The molecule has 0 aromatic heterocycles. The number of anilines is 4. The molecule has 0 bridgehead atoms. The van der Waals surface area contributed by atoms with Crippen LogP contribution in [-0.4, -0.2) is 77.0 Å². The first-order valence-corrected chi connectivity index (χ1v) is 30.0. The van der Waals surface area contributed by atoms with Crippen LogP contribution in [0.3, 0.4) is 0 Å². The van der Waals surface area contributed by atoms with Crippen molar-refractivity contribution in [3.63, 3.8) is 0 Å². The first-order valence-electron chi connectivity index (χ1n) is 27.9. The van der Waals surface area contributed by atoms with Gasteiger partial charge >= 0.3 is 5.97 Å². The van der Waals surface area contributed by atoms with Crippen LogP contribution in [0.4, 0.5) is 22.7 Å². The monoisotopic (exact) mass is 1270 g/mol. The molecular formula is C74H94N6O9S2. The standard InChI is InChI=1S/C39H39N3O6S.C29H31N3O3S.6CH4/c1-4-33(43)32-21-18-28(39(47)48-3)24-29(32)25-40-36(38(46)42-30-14-10-7-11-15-30)37(45)27-16-19-31(20-17-27)41-35(44)22-23-49-34(5-2)26-12-8-6-9-13-26;1-3-26(23-10-6-4-7-11-23)36-19-18-27(34)31-25-16-14-22(15-17-25)20-30-28(21(2)33)29(35)32-24-12-8-5-9-13-24;;;;;;/h6-21,24,34H,4-5,22-23,25H2,1-3H3,(H,41,44)(H,42,46);4-17,26H,3,18-20H2,1-2H3,(H,31,34)(H,32,35);6*1H4. The van der Waals surface area contributed by atoms with Gasteiger partial charge in [-0.05, 0) is 108 Å². The van der Waals surface area contributed by atoms with Crippen molar-refractivity contribution in [2.75, 3.05) is 39.9 Å². The Hall–Kier alpha value is -9.06. The van der Waals surface area contributed by atoms with Crippen LogP contribution in [0, 0.1) is 0 Å². The number of thioether (sulfide) groups is 2. The number of benzene rings is 7. The molecule has 4 N–H and O–H groups in total. The minimum atomic E-state index is -0.737. The van der Waals surface area contributed by atoms with Crippen molar-refractivity contribution in [3.05, 3.63) is 227 Å². The highest BCUT2D eigenvalue weighted by Gasteiger charge is 2.24. The maximum atomic E-state index is 13.8. The Balaban J connectivity index is 0.00000174. The van der Waals surface area contributed by atoms with Gasteiger partial charge in [-0.15, -0.1) is 0 Å². The number of methoxy groups -OCH3 is 1. The van der Waals surface area contributed by atoms with E-state index in [4.69, 9.17) is 4.74 Å². The molecule has 0 aliphatic heterocycles. The number of para-hydroxylation sites is 2. The van der Waals surface area contributed by atoms with Crippen molar-refractivity contribution in [2.24, 2.45) is 9.98 Å². The highest BCUT2D eigenvalue weighted by Crippen LogP contribution is 2.33. The van der Waals surface area contributed by atoms with Crippen LogP contribution in [0.5, 0.6) is 0 Å². The molecule has 2 atom stereocenters. The van der Waals surface area contributed by atoms with Crippen molar-refractivity contribution < 1.29 is 43.1 Å². The Morgan fingerprint density at radius 1 is 0.462 bits per heavy atom. The summed E-state index contributed by atoms with van der Waals surface area (Å²) in [7, 11) is 1.25.